The number of fused-ring (bicyclic) bond motifs is 5. The van der Waals surface area contributed by atoms with Crippen LogP contribution in [0.15, 0.2) is 54.9 Å². The molecule has 6 atom stereocenters. The van der Waals surface area contributed by atoms with Gasteiger partial charge in [-0.3, -0.25) is 9.59 Å². The van der Waals surface area contributed by atoms with Crippen LogP contribution in [0.25, 0.3) is 43.7 Å². The normalized spacial score (nSPS) is 23.7. The van der Waals surface area contributed by atoms with Gasteiger partial charge in [-0.15, -0.1) is 11.3 Å². The van der Waals surface area contributed by atoms with Gasteiger partial charge in [-0.25, -0.2) is 19.6 Å². The number of piperidine rings is 2. The summed E-state index contributed by atoms with van der Waals surface area (Å²) in [6.45, 7) is 11.1. The molecule has 326 valence electrons. The first-order valence-electron chi connectivity index (χ1n) is 21.8. The number of benzene rings is 2. The zero-order valence-electron chi connectivity index (χ0n) is 36.5. The zero-order chi connectivity index (χ0) is 43.7. The van der Waals surface area contributed by atoms with E-state index in [0.29, 0.717) is 24.9 Å². The number of ether oxygens (including phenoxy) is 2. The van der Waals surface area contributed by atoms with Crippen molar-refractivity contribution in [1.29, 1.82) is 0 Å². The number of aromatic amines is 2. The maximum absolute atomic E-state index is 14.1. The molecule has 5 heterocycles. The van der Waals surface area contributed by atoms with Gasteiger partial charge in [0.05, 0.1) is 38.0 Å². The summed E-state index contributed by atoms with van der Waals surface area (Å²) >= 11 is 1.75. The van der Waals surface area contributed by atoms with E-state index in [4.69, 9.17) is 19.4 Å². The van der Waals surface area contributed by atoms with Crippen LogP contribution in [0.2, 0.25) is 0 Å². The number of aromatic nitrogens is 4. The van der Waals surface area contributed by atoms with Crippen LogP contribution in [-0.4, -0.2) is 93.1 Å². The number of methoxy groups -OCH3 is 2. The van der Waals surface area contributed by atoms with E-state index in [1.54, 1.807) is 11.3 Å². The van der Waals surface area contributed by atoms with E-state index in [1.807, 2.05) is 49.9 Å². The molecule has 4 unspecified atom stereocenters. The lowest BCUT2D eigenvalue weighted by Crippen LogP contribution is -2.56. The zero-order valence-corrected chi connectivity index (χ0v) is 37.3. The van der Waals surface area contributed by atoms with Crippen LogP contribution in [0.4, 0.5) is 9.59 Å². The lowest BCUT2D eigenvalue weighted by atomic mass is 9.93. The molecule has 2 aromatic carbocycles. The monoisotopic (exact) mass is 860 g/mol. The third-order valence-corrected chi connectivity index (χ3v) is 15.1. The molecule has 14 nitrogen and oxygen atoms in total. The number of alkyl carbamates (subject to hydrolysis) is 2. The second kappa shape index (κ2) is 15.9. The first kappa shape index (κ1) is 41.6. The summed E-state index contributed by atoms with van der Waals surface area (Å²) < 4.78 is 10.9. The second-order valence-electron chi connectivity index (χ2n) is 18.5. The molecule has 2 saturated carbocycles. The van der Waals surface area contributed by atoms with Gasteiger partial charge in [0.2, 0.25) is 11.8 Å². The number of rotatable bonds is 11. The lowest BCUT2D eigenvalue weighted by Gasteiger charge is -2.40. The van der Waals surface area contributed by atoms with Crippen molar-refractivity contribution in [2.24, 2.45) is 23.7 Å². The van der Waals surface area contributed by atoms with Crippen molar-refractivity contribution in [3.05, 3.63) is 71.4 Å². The van der Waals surface area contributed by atoms with Gasteiger partial charge < -0.3 is 39.9 Å². The molecule has 4 amide bonds. The van der Waals surface area contributed by atoms with Crippen molar-refractivity contribution < 1.29 is 28.7 Å². The third-order valence-electron chi connectivity index (χ3n) is 14.1. The Morgan fingerprint density at radius 1 is 0.726 bits per heavy atom. The molecule has 9 rings (SSSR count). The number of aryl methyl sites for hydroxylation is 1. The van der Waals surface area contributed by atoms with E-state index in [1.165, 1.54) is 19.1 Å². The van der Waals surface area contributed by atoms with Crippen molar-refractivity contribution in [1.82, 2.24) is 40.4 Å². The molecule has 3 aromatic heterocycles. The van der Waals surface area contributed by atoms with E-state index in [9.17, 15) is 19.2 Å². The number of hydrogen-bond donors (Lipinski definition) is 4. The quantitative estimate of drug-likeness (QED) is 0.103. The summed E-state index contributed by atoms with van der Waals surface area (Å²) in [6.07, 6.45) is 7.90. The fourth-order valence-corrected chi connectivity index (χ4v) is 11.9. The minimum absolute atomic E-state index is 0.101. The van der Waals surface area contributed by atoms with Crippen LogP contribution >= 0.6 is 11.3 Å². The molecule has 5 aromatic rings. The molecule has 4 N–H and O–H groups in total. The molecule has 4 fully saturated rings. The van der Waals surface area contributed by atoms with Gasteiger partial charge in [-0.2, -0.15) is 0 Å². The largest absolute Gasteiger partial charge is 0.453 e. The highest BCUT2D eigenvalue weighted by atomic mass is 32.1. The van der Waals surface area contributed by atoms with E-state index >= 15 is 0 Å². The molecule has 4 aliphatic rings. The molecule has 2 saturated heterocycles. The molecule has 2 aliphatic heterocycles. The number of H-pyrrole nitrogens is 2. The van der Waals surface area contributed by atoms with Crippen molar-refractivity contribution in [2.45, 2.75) is 96.3 Å². The molecule has 15 heteroatoms. The molecule has 0 radical (unpaired) electrons. The maximum Gasteiger partial charge on any atom is 0.407 e. The van der Waals surface area contributed by atoms with Crippen molar-refractivity contribution in [3.8, 4) is 33.6 Å². The topological polar surface area (TPSA) is 175 Å². The number of imidazole rings is 2. The number of hydrogen-bond acceptors (Lipinski definition) is 9. The molecule has 4 bridgehead atoms. The Morgan fingerprint density at radius 3 is 1.71 bits per heavy atom. The number of nitrogens with zero attached hydrogens (tertiary/aromatic N) is 4. The Kier molecular flexibility index (Phi) is 10.7. The Morgan fingerprint density at radius 2 is 1.21 bits per heavy atom. The molecule has 2 aliphatic carbocycles. The number of amides is 4. The van der Waals surface area contributed by atoms with Gasteiger partial charge in [-0.1, -0.05) is 64.1 Å². The number of likely N-dealkylation sites (tertiary alicyclic amines) is 2. The van der Waals surface area contributed by atoms with Gasteiger partial charge in [0.1, 0.15) is 34.8 Å². The van der Waals surface area contributed by atoms with Gasteiger partial charge in [0.25, 0.3) is 0 Å². The first-order chi connectivity index (χ1) is 29.7. The highest BCUT2D eigenvalue weighted by Crippen LogP contribution is 2.54. The van der Waals surface area contributed by atoms with Gasteiger partial charge in [0.15, 0.2) is 0 Å². The highest BCUT2D eigenvalue weighted by Gasteiger charge is 2.58. The Hall–Kier alpha value is -5.70. The molecule has 0 spiro atoms. The summed E-state index contributed by atoms with van der Waals surface area (Å²) in [6, 6.07) is 13.7. The fourth-order valence-electron chi connectivity index (χ4n) is 10.9. The van der Waals surface area contributed by atoms with Crippen molar-refractivity contribution in [2.75, 3.05) is 27.3 Å². The van der Waals surface area contributed by atoms with E-state index < -0.39 is 35.3 Å². The summed E-state index contributed by atoms with van der Waals surface area (Å²) in [4.78, 5) is 74.8. The minimum Gasteiger partial charge on any atom is -0.453 e. The number of nitrogens with one attached hydrogen (secondary N) is 4. The van der Waals surface area contributed by atoms with Gasteiger partial charge in [0, 0.05) is 33.6 Å². The van der Waals surface area contributed by atoms with Crippen molar-refractivity contribution in [3.63, 3.8) is 0 Å². The smallest absolute Gasteiger partial charge is 0.407 e. The molecular formula is C47H56N8O6S. The van der Waals surface area contributed by atoms with Crippen LogP contribution < -0.4 is 10.6 Å². The Balaban J connectivity index is 0.965. The highest BCUT2D eigenvalue weighted by molar-refractivity contribution is 7.19. The number of thiophene rings is 1. The predicted octanol–water partition coefficient (Wildman–Crippen LogP) is 8.09. The van der Waals surface area contributed by atoms with Gasteiger partial charge in [-0.05, 0) is 91.9 Å². The van der Waals surface area contributed by atoms with Gasteiger partial charge >= 0.3 is 12.2 Å². The summed E-state index contributed by atoms with van der Waals surface area (Å²) in [5.41, 5.74) is 4.96. The van der Waals surface area contributed by atoms with Crippen LogP contribution in [0.5, 0.6) is 0 Å². The van der Waals surface area contributed by atoms with Crippen LogP contribution in [-0.2, 0) is 30.1 Å². The third kappa shape index (κ3) is 6.92. The average molecular weight is 861 g/mol. The standard InChI is InChI=1S/C47H56N8O6S/c1-25(2)37(52-44(58)60-6)40(56)54-23-28-14-16-46(54,19-28)42-48-21-35(50-42)31-10-8-30(9-11-31)32-12-13-33(39-34(32)18-27(5)62-39)36-22-49-43(51-36)47-17-15-29(20-47)24-55(47)41(57)38(26(3)4)53-45(59)61-7/h8-13,18,21-22,25-26,28-29,37-38H,14-17,19-20,23-24H2,1-7H3,(H,48,50)(H,49,51)(H,52,58)(H,53,59)/t28?,29?,37-,38-,46?,47?/m0/s1. The summed E-state index contributed by atoms with van der Waals surface area (Å²) in [7, 11) is 2.62. The summed E-state index contributed by atoms with van der Waals surface area (Å²) in [5, 5.41) is 6.70. The SMILES string of the molecule is COC(=O)N[C@H](C(=O)N1CC2CCC1(c1ncc(-c3ccc(-c4ccc(-c5cnc(C67CCC(CN6C(=O)[C@@H](NC(=O)OC)C(C)C)C7)[nH]5)c5sc(C)cc45)cc3)[nH]1)C2)C(C)C. The fraction of sp³-hybridized carbons (Fsp3) is 0.489. The van der Waals surface area contributed by atoms with E-state index in [2.05, 4.69) is 70.0 Å². The first-order valence-corrected chi connectivity index (χ1v) is 22.6. The van der Waals surface area contributed by atoms with E-state index in [-0.39, 0.29) is 23.7 Å². The Labute approximate surface area is 365 Å². The molecule has 62 heavy (non-hydrogen) atoms. The van der Waals surface area contributed by atoms with Crippen LogP contribution in [0.3, 0.4) is 0 Å². The van der Waals surface area contributed by atoms with Crippen LogP contribution in [0, 0.1) is 30.6 Å². The van der Waals surface area contributed by atoms with Crippen LogP contribution in [0.1, 0.15) is 82.7 Å². The number of carbonyl (C=O) groups is 4. The Bertz CT molecular complexity index is 2540. The maximum atomic E-state index is 14.1. The summed E-state index contributed by atoms with van der Waals surface area (Å²) in [5.74, 6) is 1.92. The molecular weight excluding hydrogens is 805 g/mol. The lowest BCUT2D eigenvalue weighted by molar-refractivity contribution is -0.141. The minimum atomic E-state index is -0.697. The second-order valence-corrected chi connectivity index (χ2v) is 19.8. The predicted molar refractivity (Wildman–Crippen MR) is 237 cm³/mol. The average Bonchev–Trinajstić information content (AvgIpc) is 4.13. The van der Waals surface area contributed by atoms with Crippen molar-refractivity contribution >= 4 is 45.4 Å². The number of carbonyl (C=O) groups excluding carboxylic acids is 4. The van der Waals surface area contributed by atoms with E-state index in [0.717, 1.165) is 93.9 Å².